The monoisotopic (exact) mass is 127 g/mol. The van der Waals surface area contributed by atoms with Crippen LogP contribution in [0.4, 0.5) is 4.79 Å². The van der Waals surface area contributed by atoms with Gasteiger partial charge in [-0.05, 0) is 19.8 Å². The highest BCUT2D eigenvalue weighted by atomic mass is 16.2. The quantitative estimate of drug-likeness (QED) is 0.542. The Hall–Kier alpha value is -0.730. The van der Waals surface area contributed by atoms with Gasteiger partial charge in [-0.25, -0.2) is 10.5 Å². The molecular formula is C6H11N2O. The summed E-state index contributed by atoms with van der Waals surface area (Å²) in [6.45, 7) is 2.60. The van der Waals surface area contributed by atoms with Gasteiger partial charge >= 0.3 is 6.03 Å². The molecule has 0 heterocycles. The number of hydrogen-bond acceptors (Lipinski definition) is 1. The molecule has 3 heteroatoms. The minimum atomic E-state index is -0.528. The maximum absolute atomic E-state index is 10.4. The molecule has 1 fully saturated rings. The van der Waals surface area contributed by atoms with E-state index in [2.05, 4.69) is 0 Å². The number of rotatable bonds is 2. The molecule has 0 aromatic heterocycles. The lowest BCUT2D eigenvalue weighted by molar-refractivity contribution is 0.206. The van der Waals surface area contributed by atoms with Crippen LogP contribution < -0.4 is 5.73 Å². The van der Waals surface area contributed by atoms with E-state index in [0.29, 0.717) is 12.6 Å². The Kier molecular flexibility index (Phi) is 1.60. The van der Waals surface area contributed by atoms with Gasteiger partial charge in [-0.2, -0.15) is 0 Å². The second-order valence-electron chi connectivity index (χ2n) is 2.32. The van der Waals surface area contributed by atoms with Crippen molar-refractivity contribution in [3.63, 3.8) is 0 Å². The van der Waals surface area contributed by atoms with Crippen molar-refractivity contribution < 1.29 is 4.79 Å². The highest BCUT2D eigenvalue weighted by Gasteiger charge is 2.30. The Morgan fingerprint density at radius 1 is 1.78 bits per heavy atom. The van der Waals surface area contributed by atoms with Crippen molar-refractivity contribution in [1.82, 2.24) is 10.6 Å². The van der Waals surface area contributed by atoms with E-state index in [1.165, 1.54) is 0 Å². The highest BCUT2D eigenvalue weighted by Crippen LogP contribution is 2.25. The van der Waals surface area contributed by atoms with E-state index >= 15 is 0 Å². The van der Waals surface area contributed by atoms with Gasteiger partial charge in [-0.15, -0.1) is 0 Å². The van der Waals surface area contributed by atoms with Gasteiger partial charge in [0.15, 0.2) is 0 Å². The van der Waals surface area contributed by atoms with Crippen molar-refractivity contribution in [2.75, 3.05) is 6.54 Å². The zero-order valence-electron chi connectivity index (χ0n) is 5.55. The van der Waals surface area contributed by atoms with Crippen molar-refractivity contribution in [3.8, 4) is 0 Å². The first-order chi connectivity index (χ1) is 4.25. The maximum atomic E-state index is 10.4. The lowest BCUT2D eigenvalue weighted by Gasteiger charge is -2.15. The Morgan fingerprint density at radius 3 is 2.44 bits per heavy atom. The summed E-state index contributed by atoms with van der Waals surface area (Å²) < 4.78 is 0. The number of urea groups is 1. The fraction of sp³-hybridized carbons (Fsp3) is 0.833. The minimum absolute atomic E-state index is 0.403. The van der Waals surface area contributed by atoms with Gasteiger partial charge in [-0.1, -0.05) is 0 Å². The number of carbonyl (C=O) groups excluding carboxylic acids is 1. The molecule has 0 spiro atoms. The van der Waals surface area contributed by atoms with Gasteiger partial charge in [0.25, 0.3) is 0 Å². The Morgan fingerprint density at radius 2 is 2.33 bits per heavy atom. The normalized spacial score (nSPS) is 17.4. The SMILES string of the molecule is CCN(C([NH])=O)C1CC1. The third-order valence-electron chi connectivity index (χ3n) is 1.59. The first kappa shape index (κ1) is 6.39. The van der Waals surface area contributed by atoms with Crippen LogP contribution in [-0.4, -0.2) is 23.5 Å². The molecule has 1 radical (unpaired) electrons. The molecule has 0 aliphatic heterocycles. The maximum Gasteiger partial charge on any atom is 0.336 e. The molecule has 2 amide bonds. The summed E-state index contributed by atoms with van der Waals surface area (Å²) in [5.74, 6) is 0. The Bertz CT molecular complexity index is 120. The van der Waals surface area contributed by atoms with Crippen LogP contribution in [0.5, 0.6) is 0 Å². The predicted molar refractivity (Wildman–Crippen MR) is 33.9 cm³/mol. The van der Waals surface area contributed by atoms with Crippen molar-refractivity contribution in [3.05, 3.63) is 0 Å². The summed E-state index contributed by atoms with van der Waals surface area (Å²) in [5, 5.41) is 0. The van der Waals surface area contributed by atoms with E-state index in [1.807, 2.05) is 6.92 Å². The van der Waals surface area contributed by atoms with Crippen LogP contribution in [0.25, 0.3) is 0 Å². The molecule has 0 aromatic rings. The first-order valence-corrected chi connectivity index (χ1v) is 3.28. The molecule has 51 valence electrons. The van der Waals surface area contributed by atoms with Crippen molar-refractivity contribution in [2.24, 2.45) is 0 Å². The Labute approximate surface area is 54.8 Å². The summed E-state index contributed by atoms with van der Waals surface area (Å²) in [7, 11) is 0. The molecular weight excluding hydrogens is 116 g/mol. The third kappa shape index (κ3) is 1.34. The highest BCUT2D eigenvalue weighted by molar-refractivity contribution is 5.71. The molecule has 1 aliphatic carbocycles. The molecule has 0 unspecified atom stereocenters. The fourth-order valence-electron chi connectivity index (χ4n) is 0.954. The van der Waals surface area contributed by atoms with Crippen LogP contribution in [0.15, 0.2) is 0 Å². The topological polar surface area (TPSA) is 44.1 Å². The van der Waals surface area contributed by atoms with E-state index in [-0.39, 0.29) is 0 Å². The van der Waals surface area contributed by atoms with Crippen LogP contribution >= 0.6 is 0 Å². The molecule has 1 saturated carbocycles. The van der Waals surface area contributed by atoms with Gasteiger partial charge in [0.2, 0.25) is 0 Å². The fourth-order valence-corrected chi connectivity index (χ4v) is 0.954. The number of nitrogens with zero attached hydrogens (tertiary/aromatic N) is 1. The molecule has 0 atom stereocenters. The van der Waals surface area contributed by atoms with Crippen LogP contribution in [-0.2, 0) is 0 Å². The van der Waals surface area contributed by atoms with E-state index in [9.17, 15) is 4.79 Å². The number of carbonyl (C=O) groups is 1. The van der Waals surface area contributed by atoms with E-state index in [4.69, 9.17) is 5.73 Å². The summed E-state index contributed by atoms with van der Waals surface area (Å²) in [4.78, 5) is 12.0. The van der Waals surface area contributed by atoms with E-state index in [0.717, 1.165) is 12.8 Å². The van der Waals surface area contributed by atoms with Crippen molar-refractivity contribution in [1.29, 1.82) is 0 Å². The van der Waals surface area contributed by atoms with Gasteiger partial charge < -0.3 is 4.90 Å². The summed E-state index contributed by atoms with van der Waals surface area (Å²) in [5.41, 5.74) is 6.79. The van der Waals surface area contributed by atoms with Crippen LogP contribution in [0.3, 0.4) is 0 Å². The second kappa shape index (κ2) is 2.25. The lowest BCUT2D eigenvalue weighted by atomic mass is 10.5. The number of nitrogens with one attached hydrogen (secondary N) is 1. The standard InChI is InChI=1S/C6H11N2O/c1-2-8(6(7)9)5-3-4-5/h5,7H,2-4H2,1H3. The summed E-state index contributed by atoms with van der Waals surface area (Å²) in [6.07, 6.45) is 2.19. The van der Waals surface area contributed by atoms with Crippen LogP contribution in [0.2, 0.25) is 0 Å². The van der Waals surface area contributed by atoms with E-state index in [1.54, 1.807) is 4.90 Å². The van der Waals surface area contributed by atoms with Crippen LogP contribution in [0.1, 0.15) is 19.8 Å². The molecule has 3 nitrogen and oxygen atoms in total. The van der Waals surface area contributed by atoms with Crippen molar-refractivity contribution >= 4 is 6.03 Å². The van der Waals surface area contributed by atoms with Gasteiger partial charge in [0.05, 0.1) is 0 Å². The van der Waals surface area contributed by atoms with Gasteiger partial charge in [0.1, 0.15) is 0 Å². The summed E-state index contributed by atoms with van der Waals surface area (Å²) in [6, 6.07) is -0.125. The zero-order valence-corrected chi connectivity index (χ0v) is 5.55. The molecule has 1 aliphatic rings. The minimum Gasteiger partial charge on any atom is -0.321 e. The third-order valence-corrected chi connectivity index (χ3v) is 1.59. The van der Waals surface area contributed by atoms with Gasteiger partial charge in [-0.3, -0.25) is 0 Å². The smallest absolute Gasteiger partial charge is 0.321 e. The second-order valence-corrected chi connectivity index (χ2v) is 2.32. The lowest BCUT2D eigenvalue weighted by Crippen LogP contribution is -2.32. The average Bonchev–Trinajstić information content (AvgIpc) is 2.50. The van der Waals surface area contributed by atoms with Gasteiger partial charge in [0, 0.05) is 12.6 Å². The number of hydrogen-bond donors (Lipinski definition) is 0. The largest absolute Gasteiger partial charge is 0.336 e. The molecule has 9 heavy (non-hydrogen) atoms. The predicted octanol–water partition coefficient (Wildman–Crippen LogP) is 0.874. The van der Waals surface area contributed by atoms with E-state index < -0.39 is 6.03 Å². The number of amides is 2. The molecule has 1 N–H and O–H groups in total. The molecule has 0 aromatic carbocycles. The molecule has 0 saturated heterocycles. The average molecular weight is 127 g/mol. The van der Waals surface area contributed by atoms with Crippen LogP contribution in [0, 0.1) is 0 Å². The first-order valence-electron chi connectivity index (χ1n) is 3.28. The molecule has 0 bridgehead atoms. The Balaban J connectivity index is 2.37. The van der Waals surface area contributed by atoms with Crippen molar-refractivity contribution in [2.45, 2.75) is 25.8 Å². The zero-order chi connectivity index (χ0) is 6.85. The summed E-state index contributed by atoms with van der Waals surface area (Å²) >= 11 is 0. The molecule has 1 rings (SSSR count).